The molecule has 0 rings (SSSR count). The average Bonchev–Trinajstić information content (AvgIpc) is 2.15. The van der Waals surface area contributed by atoms with E-state index in [0.29, 0.717) is 13.2 Å². The zero-order valence-electron chi connectivity index (χ0n) is 9.59. The number of carbonyl (C=O) groups is 1. The molecule has 3 nitrogen and oxygen atoms in total. The van der Waals surface area contributed by atoms with Crippen molar-refractivity contribution in [1.29, 1.82) is 0 Å². The van der Waals surface area contributed by atoms with Crippen LogP contribution in [-0.2, 0) is 9.53 Å². The number of carbonyl (C=O) groups excluding carboxylic acids is 1. The second-order valence-corrected chi connectivity index (χ2v) is 2.50. The molecule has 0 unspecified atom stereocenters. The first-order valence-corrected chi connectivity index (χ1v) is 4.96. The molecule has 0 radical (unpaired) electrons. The Balaban J connectivity index is 0. The van der Waals surface area contributed by atoms with Gasteiger partial charge in [-0.15, -0.1) is 0 Å². The van der Waals surface area contributed by atoms with Crippen LogP contribution in [-0.4, -0.2) is 37.6 Å². The molecule has 3 heteroatoms. The van der Waals surface area contributed by atoms with E-state index in [0.717, 1.165) is 13.0 Å². The molecule has 0 aromatic carbocycles. The second-order valence-electron chi connectivity index (χ2n) is 2.50. The van der Waals surface area contributed by atoms with E-state index in [-0.39, 0.29) is 5.91 Å². The van der Waals surface area contributed by atoms with Crippen molar-refractivity contribution in [2.24, 2.45) is 0 Å². The van der Waals surface area contributed by atoms with Crippen molar-refractivity contribution in [2.45, 2.75) is 34.1 Å². The van der Waals surface area contributed by atoms with E-state index < -0.39 is 0 Å². The van der Waals surface area contributed by atoms with Crippen LogP contribution in [0, 0.1) is 0 Å². The summed E-state index contributed by atoms with van der Waals surface area (Å²) in [6.45, 7) is 9.81. The summed E-state index contributed by atoms with van der Waals surface area (Å²) in [5.41, 5.74) is 0. The Bertz CT molecular complexity index is 115. The lowest BCUT2D eigenvalue weighted by atomic mass is 10.4. The molecule has 0 aliphatic heterocycles. The first-order chi connectivity index (χ1) is 6.22. The summed E-state index contributed by atoms with van der Waals surface area (Å²) < 4.78 is 4.87. The van der Waals surface area contributed by atoms with Crippen molar-refractivity contribution >= 4 is 5.91 Å². The van der Waals surface area contributed by atoms with Crippen LogP contribution in [0.25, 0.3) is 0 Å². The predicted molar refractivity (Wildman–Crippen MR) is 55.8 cm³/mol. The molecule has 0 spiro atoms. The van der Waals surface area contributed by atoms with E-state index in [1.807, 2.05) is 13.8 Å². The summed E-state index contributed by atoms with van der Waals surface area (Å²) in [5, 5.41) is 0. The zero-order chi connectivity index (χ0) is 10.7. The highest BCUT2D eigenvalue weighted by molar-refractivity contribution is 5.73. The lowest BCUT2D eigenvalue weighted by Gasteiger charge is -2.19. The van der Waals surface area contributed by atoms with Crippen LogP contribution in [0.3, 0.4) is 0 Å². The van der Waals surface area contributed by atoms with Crippen molar-refractivity contribution in [3.8, 4) is 0 Å². The molecule has 0 saturated heterocycles. The number of hydrogen-bond donors (Lipinski definition) is 0. The van der Waals surface area contributed by atoms with Gasteiger partial charge in [0.05, 0.1) is 6.61 Å². The monoisotopic (exact) mass is 189 g/mol. The van der Waals surface area contributed by atoms with Crippen LogP contribution in [0.1, 0.15) is 34.1 Å². The van der Waals surface area contributed by atoms with Crippen molar-refractivity contribution in [3.63, 3.8) is 0 Å². The summed E-state index contributed by atoms with van der Waals surface area (Å²) in [7, 11) is 1.64. The Morgan fingerprint density at radius 2 is 1.85 bits per heavy atom. The maximum Gasteiger partial charge on any atom is 0.219 e. The molecule has 0 aliphatic carbocycles. The molecule has 0 aromatic rings. The van der Waals surface area contributed by atoms with Crippen LogP contribution in [0.4, 0.5) is 0 Å². The lowest BCUT2D eigenvalue weighted by molar-refractivity contribution is -0.129. The van der Waals surface area contributed by atoms with Gasteiger partial charge in [0, 0.05) is 27.1 Å². The molecule has 0 atom stereocenters. The van der Waals surface area contributed by atoms with Crippen LogP contribution in [0.5, 0.6) is 0 Å². The van der Waals surface area contributed by atoms with Gasteiger partial charge >= 0.3 is 0 Å². The number of methoxy groups -OCH3 is 1. The first kappa shape index (κ1) is 14.9. The third-order valence-electron chi connectivity index (χ3n) is 1.50. The Morgan fingerprint density at radius 1 is 1.31 bits per heavy atom. The standard InChI is InChI=1S/C8H17NO2.C2H6/c1-4-5-9(8(2)10)6-7-11-3;1-2/h4-7H2,1-3H3;1-2H3. The van der Waals surface area contributed by atoms with Gasteiger partial charge in [-0.25, -0.2) is 0 Å². The third-order valence-corrected chi connectivity index (χ3v) is 1.50. The van der Waals surface area contributed by atoms with Gasteiger partial charge in [-0.2, -0.15) is 0 Å². The Labute approximate surface area is 82.1 Å². The average molecular weight is 189 g/mol. The summed E-state index contributed by atoms with van der Waals surface area (Å²) in [6, 6.07) is 0. The van der Waals surface area contributed by atoms with E-state index in [1.54, 1.807) is 18.9 Å². The molecule has 1 amide bonds. The normalized spacial score (nSPS) is 8.69. The van der Waals surface area contributed by atoms with Gasteiger partial charge in [0.1, 0.15) is 0 Å². The van der Waals surface area contributed by atoms with Crippen molar-refractivity contribution < 1.29 is 9.53 Å². The summed E-state index contributed by atoms with van der Waals surface area (Å²) >= 11 is 0. The number of amides is 1. The quantitative estimate of drug-likeness (QED) is 0.661. The second kappa shape index (κ2) is 11.4. The van der Waals surface area contributed by atoms with Gasteiger partial charge < -0.3 is 9.64 Å². The highest BCUT2D eigenvalue weighted by atomic mass is 16.5. The predicted octanol–water partition coefficient (Wildman–Crippen LogP) is 1.92. The summed E-state index contributed by atoms with van der Waals surface area (Å²) in [6.07, 6.45) is 1.00. The largest absolute Gasteiger partial charge is 0.383 e. The third kappa shape index (κ3) is 9.34. The van der Waals surface area contributed by atoms with Crippen molar-refractivity contribution in [1.82, 2.24) is 4.90 Å². The fourth-order valence-electron chi connectivity index (χ4n) is 0.898. The Kier molecular flexibility index (Phi) is 13.1. The highest BCUT2D eigenvalue weighted by Gasteiger charge is 2.05. The van der Waals surface area contributed by atoms with Crippen molar-refractivity contribution in [2.75, 3.05) is 26.8 Å². The van der Waals surface area contributed by atoms with Gasteiger partial charge in [-0.3, -0.25) is 4.79 Å². The minimum Gasteiger partial charge on any atom is -0.383 e. The zero-order valence-corrected chi connectivity index (χ0v) is 9.59. The van der Waals surface area contributed by atoms with Gasteiger partial charge in [0.25, 0.3) is 0 Å². The molecule has 0 heterocycles. The first-order valence-electron chi connectivity index (χ1n) is 4.96. The maximum atomic E-state index is 10.9. The number of rotatable bonds is 5. The maximum absolute atomic E-state index is 10.9. The molecule has 0 aromatic heterocycles. The van der Waals surface area contributed by atoms with Gasteiger partial charge in [0.2, 0.25) is 5.91 Å². The van der Waals surface area contributed by atoms with Crippen LogP contribution >= 0.6 is 0 Å². The van der Waals surface area contributed by atoms with Crippen LogP contribution in [0.15, 0.2) is 0 Å². The molecule has 0 fully saturated rings. The molecular weight excluding hydrogens is 166 g/mol. The number of nitrogens with zero attached hydrogens (tertiary/aromatic N) is 1. The van der Waals surface area contributed by atoms with E-state index in [2.05, 4.69) is 6.92 Å². The van der Waals surface area contributed by atoms with Gasteiger partial charge in [0.15, 0.2) is 0 Å². The highest BCUT2D eigenvalue weighted by Crippen LogP contribution is 1.91. The van der Waals surface area contributed by atoms with Crippen LogP contribution in [0.2, 0.25) is 0 Å². The molecule has 13 heavy (non-hydrogen) atoms. The fourth-order valence-corrected chi connectivity index (χ4v) is 0.898. The minimum atomic E-state index is 0.129. The summed E-state index contributed by atoms with van der Waals surface area (Å²) in [4.78, 5) is 12.7. The molecule has 0 saturated carbocycles. The molecule has 0 N–H and O–H groups in total. The fraction of sp³-hybridized carbons (Fsp3) is 0.900. The molecule has 80 valence electrons. The number of ether oxygens (including phenoxy) is 1. The van der Waals surface area contributed by atoms with E-state index >= 15 is 0 Å². The lowest BCUT2D eigenvalue weighted by Crippen LogP contribution is -2.32. The van der Waals surface area contributed by atoms with E-state index in [9.17, 15) is 4.79 Å². The van der Waals surface area contributed by atoms with Gasteiger partial charge in [-0.05, 0) is 6.42 Å². The SMILES string of the molecule is CC.CCCN(CCOC)C(C)=O. The van der Waals surface area contributed by atoms with E-state index in [1.165, 1.54) is 0 Å². The van der Waals surface area contributed by atoms with E-state index in [4.69, 9.17) is 4.74 Å². The molecule has 0 aliphatic rings. The topological polar surface area (TPSA) is 29.5 Å². The number of hydrogen-bond acceptors (Lipinski definition) is 2. The Morgan fingerprint density at radius 3 is 2.15 bits per heavy atom. The smallest absolute Gasteiger partial charge is 0.219 e. The molecular formula is C10H23NO2. The summed E-state index contributed by atoms with van der Waals surface area (Å²) in [5.74, 6) is 0.129. The van der Waals surface area contributed by atoms with Crippen LogP contribution < -0.4 is 0 Å². The van der Waals surface area contributed by atoms with Crippen molar-refractivity contribution in [3.05, 3.63) is 0 Å². The Hall–Kier alpha value is -0.570. The minimum absolute atomic E-state index is 0.129. The molecule has 0 bridgehead atoms. The van der Waals surface area contributed by atoms with Gasteiger partial charge in [-0.1, -0.05) is 20.8 Å².